The molecule has 0 aliphatic heterocycles. The second-order valence-corrected chi connectivity index (χ2v) is 24.1. The molecule has 13 aromatic rings. The Bertz CT molecular complexity index is 4320. The fourth-order valence-corrected chi connectivity index (χ4v) is 13.8. The average Bonchev–Trinajstić information content (AvgIpc) is 1.72. The van der Waals surface area contributed by atoms with E-state index in [0.29, 0.717) is 0 Å². The van der Waals surface area contributed by atoms with Gasteiger partial charge in [-0.05, 0) is 183 Å². The third-order valence-electron chi connectivity index (χ3n) is 18.2. The molecule has 2 aliphatic rings. The van der Waals surface area contributed by atoms with Gasteiger partial charge in [0.15, 0.2) is 0 Å². The van der Waals surface area contributed by atoms with E-state index in [0.717, 1.165) is 45.3 Å². The first-order valence-electron chi connectivity index (χ1n) is 30.1. The summed E-state index contributed by atoms with van der Waals surface area (Å²) in [5.74, 6) is 0. The van der Waals surface area contributed by atoms with E-state index < -0.39 is 0 Å². The number of para-hydroxylation sites is 4. The molecule has 0 aromatic heterocycles. The molecule has 0 saturated carbocycles. The van der Waals surface area contributed by atoms with Gasteiger partial charge in [-0.25, -0.2) is 0 Å². The zero-order chi connectivity index (χ0) is 57.9. The van der Waals surface area contributed by atoms with Gasteiger partial charge in [-0.2, -0.15) is 0 Å². The summed E-state index contributed by atoms with van der Waals surface area (Å²) in [5, 5.41) is 4.99. The first kappa shape index (κ1) is 52.3. The van der Waals surface area contributed by atoms with E-state index in [4.69, 9.17) is 0 Å². The SMILES string of the molecule is CC1(C)c2cc(/C=C/c3ccc(-c4c5ccccc5c(-c5ccc(/C=C/c6ccc7c(c6)C(C)(C)c6cc(N(c8ccccc8)c8ccccc8)ccc6-7)cc5)c5ccccc45)cc3)ccc2-c2ccc(N(c3ccccc3)c3ccccc3)cc21. The molecule has 0 N–H and O–H groups in total. The number of nitrogens with zero attached hydrogens (tertiary/aromatic N) is 2. The molecule has 0 unspecified atom stereocenters. The molecule has 0 spiro atoms. The van der Waals surface area contributed by atoms with Crippen molar-refractivity contribution in [3.8, 4) is 44.5 Å². The quantitative estimate of drug-likeness (QED) is 0.0889. The summed E-state index contributed by atoms with van der Waals surface area (Å²) in [6.45, 7) is 9.48. The van der Waals surface area contributed by atoms with Crippen LogP contribution in [-0.4, -0.2) is 0 Å². The molecule has 2 aliphatic carbocycles. The Kier molecular flexibility index (Phi) is 12.9. The summed E-state index contributed by atoms with van der Waals surface area (Å²) in [6, 6.07) is 107. The van der Waals surface area contributed by atoms with Crippen LogP contribution in [0.2, 0.25) is 0 Å². The molecule has 410 valence electrons. The second-order valence-electron chi connectivity index (χ2n) is 24.1. The van der Waals surface area contributed by atoms with E-state index in [-0.39, 0.29) is 10.8 Å². The van der Waals surface area contributed by atoms with E-state index in [1.165, 1.54) is 99.4 Å². The maximum atomic E-state index is 2.40. The molecule has 0 atom stereocenters. The second kappa shape index (κ2) is 21.3. The van der Waals surface area contributed by atoms with Crippen molar-refractivity contribution in [3.05, 3.63) is 336 Å². The van der Waals surface area contributed by atoms with Gasteiger partial charge in [0.05, 0.1) is 0 Å². The number of hydrogen-bond donors (Lipinski definition) is 0. The van der Waals surface area contributed by atoms with Crippen LogP contribution in [0.4, 0.5) is 34.1 Å². The van der Waals surface area contributed by atoms with Gasteiger partial charge in [0.1, 0.15) is 0 Å². The predicted molar refractivity (Wildman–Crippen MR) is 368 cm³/mol. The molecule has 2 nitrogen and oxygen atoms in total. The van der Waals surface area contributed by atoms with Crippen LogP contribution in [0.25, 0.3) is 90.4 Å². The molecule has 0 heterocycles. The van der Waals surface area contributed by atoms with Gasteiger partial charge < -0.3 is 9.80 Å². The molecule has 0 saturated heterocycles. The standard InChI is InChI=1S/C84H64N2/c1-83(2)77-53-59(41-49-69(77)71-51-47-67(55-79(71)83)85(63-21-9-5-10-22-63)64-23-11-6-12-24-64)35-33-57-37-43-61(44-38-57)81-73-29-17-19-31-75(73)82(76-32-20-18-30-74(76)81)62-45-39-58(40-46-62)34-36-60-42-50-70-72-52-48-68(56-80(72)84(3,4)78(70)54-60)86(65-25-13-7-14-26-65)66-27-15-8-16-28-66/h5-56H,1-4H3/b35-33+,36-34+. The molecule has 86 heavy (non-hydrogen) atoms. The van der Waals surface area contributed by atoms with Crippen molar-refractivity contribution in [1.29, 1.82) is 0 Å². The predicted octanol–water partition coefficient (Wildman–Crippen LogP) is 23.2. The van der Waals surface area contributed by atoms with Gasteiger partial charge in [0.25, 0.3) is 0 Å². The van der Waals surface area contributed by atoms with Gasteiger partial charge in [-0.1, -0.05) is 270 Å². The number of benzene rings is 13. The minimum Gasteiger partial charge on any atom is -0.310 e. The van der Waals surface area contributed by atoms with E-state index in [1.54, 1.807) is 0 Å². The molecule has 0 radical (unpaired) electrons. The lowest BCUT2D eigenvalue weighted by Gasteiger charge is -2.28. The van der Waals surface area contributed by atoms with Crippen LogP contribution in [0.3, 0.4) is 0 Å². The Balaban J connectivity index is 0.676. The highest BCUT2D eigenvalue weighted by Gasteiger charge is 2.38. The molecule has 2 heteroatoms. The third kappa shape index (κ3) is 9.14. The number of rotatable bonds is 12. The summed E-state index contributed by atoms with van der Waals surface area (Å²) in [7, 11) is 0. The zero-order valence-corrected chi connectivity index (χ0v) is 48.9. The lowest BCUT2D eigenvalue weighted by Crippen LogP contribution is -2.16. The Morgan fingerprint density at radius 3 is 0.802 bits per heavy atom. The summed E-state index contributed by atoms with van der Waals surface area (Å²) in [6.07, 6.45) is 9.03. The topological polar surface area (TPSA) is 6.48 Å². The Labute approximate surface area is 505 Å². The molecule has 15 rings (SSSR count). The highest BCUT2D eigenvalue weighted by atomic mass is 15.1. The Morgan fingerprint density at radius 1 is 0.233 bits per heavy atom. The minimum atomic E-state index is -0.173. The van der Waals surface area contributed by atoms with E-state index in [9.17, 15) is 0 Å². The van der Waals surface area contributed by atoms with Crippen molar-refractivity contribution in [1.82, 2.24) is 0 Å². The van der Waals surface area contributed by atoms with Crippen molar-refractivity contribution < 1.29 is 0 Å². The lowest BCUT2D eigenvalue weighted by molar-refractivity contribution is 0.660. The van der Waals surface area contributed by atoms with Crippen LogP contribution in [0.1, 0.15) is 72.2 Å². The van der Waals surface area contributed by atoms with Crippen LogP contribution in [0, 0.1) is 0 Å². The fraction of sp³-hybridized carbons (Fsp3) is 0.0714. The van der Waals surface area contributed by atoms with Crippen molar-refractivity contribution in [2.24, 2.45) is 0 Å². The van der Waals surface area contributed by atoms with E-state index in [2.05, 4.69) is 353 Å². The number of hydrogen-bond acceptors (Lipinski definition) is 2. The molecule has 0 bridgehead atoms. The van der Waals surface area contributed by atoms with Gasteiger partial charge in [-0.15, -0.1) is 0 Å². The molecular weight excluding hydrogens is 1040 g/mol. The average molecular weight is 1100 g/mol. The molecule has 0 fully saturated rings. The highest BCUT2D eigenvalue weighted by molar-refractivity contribution is 6.21. The zero-order valence-electron chi connectivity index (χ0n) is 48.9. The summed E-state index contributed by atoms with van der Waals surface area (Å²) < 4.78 is 0. The van der Waals surface area contributed by atoms with Crippen molar-refractivity contribution >= 4 is 80.0 Å². The Hall–Kier alpha value is -10.5. The monoisotopic (exact) mass is 1100 g/mol. The summed E-state index contributed by atoms with van der Waals surface area (Å²) in [5.41, 5.74) is 26.8. The van der Waals surface area contributed by atoms with Gasteiger partial charge >= 0.3 is 0 Å². The van der Waals surface area contributed by atoms with Crippen LogP contribution in [-0.2, 0) is 10.8 Å². The largest absolute Gasteiger partial charge is 0.310 e. The van der Waals surface area contributed by atoms with Crippen LogP contribution < -0.4 is 9.80 Å². The number of fused-ring (bicyclic) bond motifs is 8. The van der Waals surface area contributed by atoms with Crippen molar-refractivity contribution in [2.45, 2.75) is 38.5 Å². The van der Waals surface area contributed by atoms with Gasteiger partial charge in [0.2, 0.25) is 0 Å². The minimum absolute atomic E-state index is 0.173. The normalized spacial score (nSPS) is 13.4. The van der Waals surface area contributed by atoms with Crippen molar-refractivity contribution in [3.63, 3.8) is 0 Å². The van der Waals surface area contributed by atoms with Crippen molar-refractivity contribution in [2.75, 3.05) is 9.80 Å². The first-order valence-corrected chi connectivity index (χ1v) is 30.1. The maximum Gasteiger partial charge on any atom is 0.0465 e. The van der Waals surface area contributed by atoms with Crippen LogP contribution in [0.15, 0.2) is 291 Å². The highest BCUT2D eigenvalue weighted by Crippen LogP contribution is 2.53. The fourth-order valence-electron chi connectivity index (χ4n) is 13.8. The number of anilines is 6. The molecule has 13 aromatic carbocycles. The van der Waals surface area contributed by atoms with Crippen LogP contribution in [0.5, 0.6) is 0 Å². The smallest absolute Gasteiger partial charge is 0.0465 e. The summed E-state index contributed by atoms with van der Waals surface area (Å²) >= 11 is 0. The molecule has 0 amide bonds. The lowest BCUT2D eigenvalue weighted by atomic mass is 9.81. The van der Waals surface area contributed by atoms with Gasteiger partial charge in [-0.3, -0.25) is 0 Å². The van der Waals surface area contributed by atoms with E-state index in [1.807, 2.05) is 0 Å². The maximum absolute atomic E-state index is 2.40. The molecular formula is C84H64N2. The van der Waals surface area contributed by atoms with Crippen LogP contribution >= 0.6 is 0 Å². The Morgan fingerprint density at radius 2 is 0.488 bits per heavy atom. The van der Waals surface area contributed by atoms with E-state index >= 15 is 0 Å². The van der Waals surface area contributed by atoms with Gasteiger partial charge in [0, 0.05) is 45.0 Å². The third-order valence-corrected chi connectivity index (χ3v) is 18.2. The summed E-state index contributed by atoms with van der Waals surface area (Å²) in [4.78, 5) is 4.71. The first-order chi connectivity index (χ1) is 42.2.